The molecule has 204 valence electrons. The lowest BCUT2D eigenvalue weighted by molar-refractivity contribution is 0.103. The monoisotopic (exact) mass is 546 g/mol. The molecule has 3 heteroatoms. The predicted molar refractivity (Wildman–Crippen MR) is 167 cm³/mol. The second-order valence-corrected chi connectivity index (χ2v) is 10.9. The molecule has 0 fully saturated rings. The molecule has 1 atom stereocenters. The van der Waals surface area contributed by atoms with Crippen LogP contribution in [0.3, 0.4) is 0 Å². The highest BCUT2D eigenvalue weighted by Crippen LogP contribution is 2.50. The van der Waals surface area contributed by atoms with Gasteiger partial charge in [0.05, 0.1) is 0 Å². The number of hydrogen-bond donors (Lipinski definition) is 2. The van der Waals surface area contributed by atoms with Crippen LogP contribution < -0.4 is 4.74 Å². The van der Waals surface area contributed by atoms with Gasteiger partial charge in [0.2, 0.25) is 0 Å². The smallest absolute Gasteiger partial charge is 0.141 e. The van der Waals surface area contributed by atoms with Gasteiger partial charge in [0.1, 0.15) is 22.7 Å². The summed E-state index contributed by atoms with van der Waals surface area (Å²) < 4.78 is 6.17. The van der Waals surface area contributed by atoms with Gasteiger partial charge in [0.15, 0.2) is 0 Å². The van der Waals surface area contributed by atoms with E-state index in [1.165, 1.54) is 0 Å². The number of ether oxygens (including phenoxy) is 1. The van der Waals surface area contributed by atoms with Crippen molar-refractivity contribution in [1.82, 2.24) is 0 Å². The van der Waals surface area contributed by atoms with Crippen LogP contribution in [0.25, 0.3) is 22.3 Å². The first-order valence-corrected chi connectivity index (χ1v) is 14.1. The molecule has 0 amide bonds. The van der Waals surface area contributed by atoms with Crippen molar-refractivity contribution in [2.24, 2.45) is 0 Å². The number of fused-ring (bicyclic) bond motifs is 3. The van der Waals surface area contributed by atoms with Gasteiger partial charge in [0.25, 0.3) is 0 Å². The van der Waals surface area contributed by atoms with E-state index in [0.717, 1.165) is 50.1 Å². The lowest BCUT2D eigenvalue weighted by Gasteiger charge is -2.27. The van der Waals surface area contributed by atoms with Crippen LogP contribution >= 0.6 is 0 Å². The minimum absolute atomic E-state index is 0.661. The summed E-state index contributed by atoms with van der Waals surface area (Å²) in [5.41, 5.74) is 5.91. The molecule has 6 aromatic carbocycles. The maximum absolute atomic E-state index is 12.1. The summed E-state index contributed by atoms with van der Waals surface area (Å²) in [4.78, 5) is 0. The van der Waals surface area contributed by atoms with Gasteiger partial charge in [-0.3, -0.25) is 0 Å². The van der Waals surface area contributed by atoms with E-state index >= 15 is 0 Å². The van der Waals surface area contributed by atoms with Gasteiger partial charge in [-0.2, -0.15) is 0 Å². The van der Waals surface area contributed by atoms with Crippen LogP contribution in [-0.4, -0.2) is 10.2 Å². The van der Waals surface area contributed by atoms with Crippen LogP contribution in [0.5, 0.6) is 11.5 Å². The van der Waals surface area contributed by atoms with Crippen molar-refractivity contribution in [3.05, 3.63) is 179 Å². The minimum atomic E-state index is -1.23. The van der Waals surface area contributed by atoms with Crippen LogP contribution in [0.15, 0.2) is 152 Å². The van der Waals surface area contributed by atoms with Gasteiger partial charge in [-0.1, -0.05) is 127 Å². The molecule has 0 spiro atoms. The van der Waals surface area contributed by atoms with Crippen LogP contribution in [0.1, 0.15) is 34.7 Å². The van der Waals surface area contributed by atoms with Crippen LogP contribution in [0.4, 0.5) is 0 Å². The standard InChI is InChI=1S/C39H30O3/c1-38(40,35-16-8-5-13-32(35)27-11-3-2-4-12-27)28-19-23-30(24-20-28)42-31-25-21-29(22-26-31)39(41)36-17-9-6-14-33(36)34-15-7-10-18-37(34)39/h2-26,40-41H,1H3. The van der Waals surface area contributed by atoms with E-state index in [9.17, 15) is 10.2 Å². The van der Waals surface area contributed by atoms with E-state index in [-0.39, 0.29) is 0 Å². The van der Waals surface area contributed by atoms with E-state index in [4.69, 9.17) is 4.74 Å². The molecule has 1 unspecified atom stereocenters. The van der Waals surface area contributed by atoms with Crippen molar-refractivity contribution in [2.75, 3.05) is 0 Å². The van der Waals surface area contributed by atoms with Gasteiger partial charge in [-0.15, -0.1) is 0 Å². The first kappa shape index (κ1) is 26.0. The molecular formula is C39H30O3. The third kappa shape index (κ3) is 4.22. The Hall–Kier alpha value is -4.96. The highest BCUT2D eigenvalue weighted by Gasteiger charge is 2.42. The molecule has 0 saturated carbocycles. The molecule has 42 heavy (non-hydrogen) atoms. The second kappa shape index (κ2) is 10.1. The molecule has 0 bridgehead atoms. The SMILES string of the molecule is CC(O)(c1ccc(Oc2ccc(C3(O)c4ccccc4-c4ccccc43)cc2)cc1)c1ccccc1-c1ccccc1. The zero-order valence-electron chi connectivity index (χ0n) is 23.2. The molecule has 0 heterocycles. The fraction of sp³-hybridized carbons (Fsp3) is 0.0769. The highest BCUT2D eigenvalue weighted by atomic mass is 16.5. The Kier molecular flexibility index (Phi) is 6.27. The maximum Gasteiger partial charge on any atom is 0.141 e. The van der Waals surface area contributed by atoms with E-state index in [1.807, 2.05) is 134 Å². The van der Waals surface area contributed by atoms with E-state index < -0.39 is 11.2 Å². The van der Waals surface area contributed by atoms with Gasteiger partial charge >= 0.3 is 0 Å². The minimum Gasteiger partial charge on any atom is -0.457 e. The normalized spacial score (nSPS) is 14.5. The Morgan fingerprint density at radius 2 is 1.00 bits per heavy atom. The lowest BCUT2D eigenvalue weighted by atomic mass is 9.83. The summed E-state index contributed by atoms with van der Waals surface area (Å²) in [6.45, 7) is 1.83. The van der Waals surface area contributed by atoms with Crippen molar-refractivity contribution in [3.8, 4) is 33.8 Å². The summed E-state index contributed by atoms with van der Waals surface area (Å²) >= 11 is 0. The first-order valence-electron chi connectivity index (χ1n) is 14.1. The first-order chi connectivity index (χ1) is 20.5. The summed E-state index contributed by atoms with van der Waals surface area (Å²) in [7, 11) is 0. The molecule has 7 rings (SSSR count). The molecule has 0 aliphatic heterocycles. The fourth-order valence-corrected chi connectivity index (χ4v) is 6.20. The van der Waals surface area contributed by atoms with Crippen molar-refractivity contribution in [2.45, 2.75) is 18.1 Å². The summed E-state index contributed by atoms with van der Waals surface area (Å²) in [5.74, 6) is 1.32. The fourth-order valence-electron chi connectivity index (χ4n) is 6.20. The molecule has 0 saturated heterocycles. The van der Waals surface area contributed by atoms with Crippen molar-refractivity contribution in [1.29, 1.82) is 0 Å². The zero-order valence-corrected chi connectivity index (χ0v) is 23.2. The third-order valence-corrected chi connectivity index (χ3v) is 8.38. The quantitative estimate of drug-likeness (QED) is 0.220. The van der Waals surface area contributed by atoms with Crippen molar-refractivity contribution in [3.63, 3.8) is 0 Å². The number of benzene rings is 6. The highest BCUT2D eigenvalue weighted by molar-refractivity contribution is 5.82. The molecule has 0 radical (unpaired) electrons. The van der Waals surface area contributed by atoms with Gasteiger partial charge in [-0.05, 0) is 70.1 Å². The predicted octanol–water partition coefficient (Wildman–Crippen LogP) is 8.67. The van der Waals surface area contributed by atoms with E-state index in [0.29, 0.717) is 11.5 Å². The van der Waals surface area contributed by atoms with Crippen molar-refractivity contribution >= 4 is 0 Å². The van der Waals surface area contributed by atoms with Crippen LogP contribution in [0.2, 0.25) is 0 Å². The Bertz CT molecular complexity index is 1830. The van der Waals surface area contributed by atoms with Gasteiger partial charge < -0.3 is 14.9 Å². The Balaban J connectivity index is 1.14. The van der Waals surface area contributed by atoms with Gasteiger partial charge in [-0.25, -0.2) is 0 Å². The molecule has 6 aromatic rings. The Morgan fingerprint density at radius 3 is 1.60 bits per heavy atom. The summed E-state index contributed by atoms with van der Waals surface area (Å²) in [6.07, 6.45) is 0. The number of aliphatic hydroxyl groups is 2. The molecule has 2 N–H and O–H groups in total. The molecule has 0 aromatic heterocycles. The number of rotatable bonds is 6. The summed E-state index contributed by atoms with van der Waals surface area (Å²) in [5, 5.41) is 23.8. The number of hydrogen-bond acceptors (Lipinski definition) is 3. The molecule has 1 aliphatic carbocycles. The molecule has 3 nitrogen and oxygen atoms in total. The van der Waals surface area contributed by atoms with Crippen LogP contribution in [-0.2, 0) is 11.2 Å². The molecule has 1 aliphatic rings. The van der Waals surface area contributed by atoms with Crippen LogP contribution in [0, 0.1) is 0 Å². The van der Waals surface area contributed by atoms with Gasteiger partial charge in [0, 0.05) is 11.1 Å². The Labute approximate surface area is 246 Å². The third-order valence-electron chi connectivity index (χ3n) is 8.38. The zero-order chi connectivity index (χ0) is 28.7. The van der Waals surface area contributed by atoms with E-state index in [1.54, 1.807) is 0 Å². The molecular weight excluding hydrogens is 516 g/mol. The van der Waals surface area contributed by atoms with E-state index in [2.05, 4.69) is 24.3 Å². The topological polar surface area (TPSA) is 49.7 Å². The lowest BCUT2D eigenvalue weighted by Crippen LogP contribution is -2.26. The van der Waals surface area contributed by atoms with Crippen molar-refractivity contribution < 1.29 is 14.9 Å². The largest absolute Gasteiger partial charge is 0.457 e. The maximum atomic E-state index is 12.1. The Morgan fingerprint density at radius 1 is 0.524 bits per heavy atom. The second-order valence-electron chi connectivity index (χ2n) is 10.9. The average molecular weight is 547 g/mol. The summed E-state index contributed by atoms with van der Waals surface area (Å²) in [6, 6.07) is 49.3. The average Bonchev–Trinajstić information content (AvgIpc) is 3.31.